The number of carboxylic acids is 1. The Morgan fingerprint density at radius 3 is 2.62 bits per heavy atom. The van der Waals surface area contributed by atoms with E-state index in [0.717, 1.165) is 5.56 Å². The molecule has 4 nitrogen and oxygen atoms in total. The molecule has 0 saturated heterocycles. The molecule has 0 unspecified atom stereocenters. The number of carboxylic acid groups (broad SMARTS) is 1. The van der Waals surface area contributed by atoms with Crippen LogP contribution < -0.4 is 9.47 Å². The molecule has 0 amide bonds. The van der Waals surface area contributed by atoms with E-state index in [0.29, 0.717) is 22.1 Å². The molecule has 0 aromatic heterocycles. The Hall–Kier alpha value is -2.20. The summed E-state index contributed by atoms with van der Waals surface area (Å²) < 4.78 is 11.0. The molecule has 0 radical (unpaired) electrons. The summed E-state index contributed by atoms with van der Waals surface area (Å²) in [6.07, 6.45) is -0.0805. The number of rotatable bonds is 6. The first-order chi connectivity index (χ1) is 10.1. The molecule has 0 fully saturated rings. The molecule has 2 aromatic carbocycles. The molecule has 1 N–H and O–H groups in total. The predicted molar refractivity (Wildman–Crippen MR) is 80.1 cm³/mol. The molecule has 0 bridgehead atoms. The van der Waals surface area contributed by atoms with E-state index >= 15 is 0 Å². The number of para-hydroxylation sites is 1. The Kier molecular flexibility index (Phi) is 5.06. The molecule has 0 heterocycles. The highest BCUT2D eigenvalue weighted by molar-refractivity contribution is 6.30. The monoisotopic (exact) mass is 306 g/mol. The molecule has 2 rings (SSSR count). The van der Waals surface area contributed by atoms with Crippen LogP contribution in [0.4, 0.5) is 0 Å². The van der Waals surface area contributed by atoms with Gasteiger partial charge in [-0.1, -0.05) is 29.8 Å². The average molecular weight is 307 g/mol. The summed E-state index contributed by atoms with van der Waals surface area (Å²) >= 11 is 5.97. The van der Waals surface area contributed by atoms with Crippen molar-refractivity contribution in [3.63, 3.8) is 0 Å². The number of halogens is 1. The van der Waals surface area contributed by atoms with Crippen molar-refractivity contribution in [2.45, 2.75) is 13.0 Å². The van der Waals surface area contributed by atoms with Gasteiger partial charge in [-0.15, -0.1) is 0 Å². The summed E-state index contributed by atoms with van der Waals surface area (Å²) in [7, 11) is 1.57. The van der Waals surface area contributed by atoms with Crippen LogP contribution in [0.25, 0.3) is 0 Å². The van der Waals surface area contributed by atoms with E-state index in [4.69, 9.17) is 26.2 Å². The number of benzene rings is 2. The maximum Gasteiger partial charge on any atom is 0.307 e. The Morgan fingerprint density at radius 2 is 1.90 bits per heavy atom. The van der Waals surface area contributed by atoms with Gasteiger partial charge in [-0.2, -0.15) is 0 Å². The first-order valence-electron chi connectivity index (χ1n) is 6.35. The molecule has 0 aliphatic heterocycles. The van der Waals surface area contributed by atoms with Crippen molar-refractivity contribution in [3.8, 4) is 11.5 Å². The lowest BCUT2D eigenvalue weighted by molar-refractivity contribution is -0.136. The highest BCUT2D eigenvalue weighted by Gasteiger charge is 2.09. The molecule has 5 heteroatoms. The third-order valence-electron chi connectivity index (χ3n) is 2.94. The highest BCUT2D eigenvalue weighted by atomic mass is 35.5. The van der Waals surface area contributed by atoms with Crippen molar-refractivity contribution >= 4 is 17.6 Å². The Balaban J connectivity index is 2.17. The van der Waals surface area contributed by atoms with Crippen LogP contribution >= 0.6 is 11.6 Å². The largest absolute Gasteiger partial charge is 0.496 e. The minimum atomic E-state index is -0.897. The van der Waals surface area contributed by atoms with Gasteiger partial charge in [0.25, 0.3) is 0 Å². The molecular formula is C16H15ClO4. The molecule has 0 aliphatic carbocycles. The minimum absolute atomic E-state index is 0.0805. The topological polar surface area (TPSA) is 55.8 Å². The molecule has 0 aliphatic rings. The zero-order valence-electron chi connectivity index (χ0n) is 11.5. The SMILES string of the molecule is COc1ccc(Cl)cc1COc1ccccc1CC(=O)O. The van der Waals surface area contributed by atoms with Crippen LogP contribution in [0.5, 0.6) is 11.5 Å². The van der Waals surface area contributed by atoms with Crippen LogP contribution in [-0.2, 0) is 17.8 Å². The van der Waals surface area contributed by atoms with Crippen LogP contribution in [0, 0.1) is 0 Å². The zero-order valence-corrected chi connectivity index (χ0v) is 12.3. The summed E-state index contributed by atoms with van der Waals surface area (Å²) in [6.45, 7) is 0.250. The third-order valence-corrected chi connectivity index (χ3v) is 3.18. The van der Waals surface area contributed by atoms with Gasteiger partial charge in [-0.25, -0.2) is 0 Å². The van der Waals surface area contributed by atoms with Gasteiger partial charge in [0.1, 0.15) is 18.1 Å². The molecule has 0 atom stereocenters. The second kappa shape index (κ2) is 6.99. The molecule has 110 valence electrons. The van der Waals surface area contributed by atoms with E-state index in [2.05, 4.69) is 0 Å². The van der Waals surface area contributed by atoms with Crippen LogP contribution in [0.1, 0.15) is 11.1 Å². The second-order valence-electron chi connectivity index (χ2n) is 4.42. The fourth-order valence-electron chi connectivity index (χ4n) is 1.97. The number of aliphatic carboxylic acids is 1. The number of carbonyl (C=O) groups is 1. The number of ether oxygens (including phenoxy) is 2. The molecule has 21 heavy (non-hydrogen) atoms. The smallest absolute Gasteiger partial charge is 0.307 e. The number of hydrogen-bond acceptors (Lipinski definition) is 3. The van der Waals surface area contributed by atoms with E-state index in [1.54, 1.807) is 49.6 Å². The molecule has 0 spiro atoms. The molecular weight excluding hydrogens is 292 g/mol. The van der Waals surface area contributed by atoms with Crippen LogP contribution in [0.2, 0.25) is 5.02 Å². The summed E-state index contributed by atoms with van der Waals surface area (Å²) in [4.78, 5) is 10.8. The van der Waals surface area contributed by atoms with Gasteiger partial charge in [0, 0.05) is 16.1 Å². The standard InChI is InChI=1S/C16H15ClO4/c1-20-14-7-6-13(17)8-12(14)10-21-15-5-3-2-4-11(15)9-16(18)19/h2-8H,9-10H2,1H3,(H,18,19). The highest BCUT2D eigenvalue weighted by Crippen LogP contribution is 2.25. The van der Waals surface area contributed by atoms with Gasteiger partial charge in [0.05, 0.1) is 13.5 Å². The van der Waals surface area contributed by atoms with E-state index in [9.17, 15) is 4.79 Å². The van der Waals surface area contributed by atoms with Crippen LogP contribution in [0.3, 0.4) is 0 Å². The van der Waals surface area contributed by atoms with Crippen LogP contribution in [0.15, 0.2) is 42.5 Å². The van der Waals surface area contributed by atoms with Crippen molar-refractivity contribution < 1.29 is 19.4 Å². The minimum Gasteiger partial charge on any atom is -0.496 e. The fourth-order valence-corrected chi connectivity index (χ4v) is 2.16. The van der Waals surface area contributed by atoms with Gasteiger partial charge >= 0.3 is 5.97 Å². The summed E-state index contributed by atoms with van der Waals surface area (Å²) in [6, 6.07) is 12.3. The maximum absolute atomic E-state index is 10.8. The van der Waals surface area contributed by atoms with E-state index < -0.39 is 5.97 Å². The van der Waals surface area contributed by atoms with Gasteiger partial charge in [-0.05, 0) is 24.3 Å². The normalized spacial score (nSPS) is 10.2. The first kappa shape index (κ1) is 15.2. The Morgan fingerprint density at radius 1 is 1.14 bits per heavy atom. The van der Waals surface area contributed by atoms with Crippen LogP contribution in [-0.4, -0.2) is 18.2 Å². The van der Waals surface area contributed by atoms with Crippen molar-refractivity contribution in [1.29, 1.82) is 0 Å². The lowest BCUT2D eigenvalue weighted by atomic mass is 10.1. The maximum atomic E-state index is 10.8. The fraction of sp³-hybridized carbons (Fsp3) is 0.188. The average Bonchev–Trinajstić information content (AvgIpc) is 2.46. The van der Waals surface area contributed by atoms with Crippen molar-refractivity contribution in [1.82, 2.24) is 0 Å². The Bertz CT molecular complexity index is 640. The van der Waals surface area contributed by atoms with E-state index in [1.807, 2.05) is 0 Å². The third kappa shape index (κ3) is 4.13. The number of methoxy groups -OCH3 is 1. The lowest BCUT2D eigenvalue weighted by Crippen LogP contribution is -2.04. The summed E-state index contributed by atoms with van der Waals surface area (Å²) in [5, 5.41) is 9.49. The van der Waals surface area contributed by atoms with Gasteiger partial charge in [-0.3, -0.25) is 4.79 Å². The summed E-state index contributed by atoms with van der Waals surface area (Å²) in [5.41, 5.74) is 1.43. The first-order valence-corrected chi connectivity index (χ1v) is 6.73. The van der Waals surface area contributed by atoms with Gasteiger partial charge < -0.3 is 14.6 Å². The van der Waals surface area contributed by atoms with Crippen molar-refractivity contribution in [3.05, 3.63) is 58.6 Å². The quantitative estimate of drug-likeness (QED) is 0.886. The second-order valence-corrected chi connectivity index (χ2v) is 4.86. The van der Waals surface area contributed by atoms with E-state index in [1.165, 1.54) is 0 Å². The van der Waals surface area contributed by atoms with Gasteiger partial charge in [0.15, 0.2) is 0 Å². The summed E-state index contributed by atoms with van der Waals surface area (Å²) in [5.74, 6) is 0.323. The zero-order chi connectivity index (χ0) is 15.2. The molecule has 2 aromatic rings. The van der Waals surface area contributed by atoms with Crippen molar-refractivity contribution in [2.75, 3.05) is 7.11 Å². The molecule has 0 saturated carbocycles. The van der Waals surface area contributed by atoms with Crippen molar-refractivity contribution in [2.24, 2.45) is 0 Å². The lowest BCUT2D eigenvalue weighted by Gasteiger charge is -2.13. The van der Waals surface area contributed by atoms with E-state index in [-0.39, 0.29) is 13.0 Å². The Labute approximate surface area is 127 Å². The van der Waals surface area contributed by atoms with Gasteiger partial charge in [0.2, 0.25) is 0 Å². The predicted octanol–water partition coefficient (Wildman–Crippen LogP) is 3.55. The number of hydrogen-bond donors (Lipinski definition) is 1.